The number of hydrogen-bond donors (Lipinski definition) is 0. The van der Waals surface area contributed by atoms with Crippen LogP contribution in [0.3, 0.4) is 0 Å². The van der Waals surface area contributed by atoms with Crippen LogP contribution in [0.25, 0.3) is 10.9 Å². The first kappa shape index (κ1) is 24.7. The summed E-state index contributed by atoms with van der Waals surface area (Å²) in [6, 6.07) is 19.5. The Kier molecular flexibility index (Phi) is 6.44. The Balaban J connectivity index is 1.49. The Hall–Kier alpha value is -3.64. The van der Waals surface area contributed by atoms with E-state index in [1.165, 1.54) is 33.5 Å². The maximum absolute atomic E-state index is 13.7. The fourth-order valence-electron chi connectivity index (χ4n) is 6.01. The van der Waals surface area contributed by atoms with E-state index in [1.54, 1.807) is 0 Å². The maximum Gasteiger partial charge on any atom is 0.272 e. The van der Waals surface area contributed by atoms with Gasteiger partial charge >= 0.3 is 0 Å². The second-order valence-corrected chi connectivity index (χ2v) is 11.0. The highest BCUT2D eigenvalue weighted by molar-refractivity contribution is 6.01. The van der Waals surface area contributed by atoms with E-state index in [0.29, 0.717) is 5.69 Å². The van der Waals surface area contributed by atoms with Gasteiger partial charge in [0.15, 0.2) is 5.82 Å². The molecule has 0 atom stereocenters. The minimum Gasteiger partial charge on any atom is -0.350 e. The molecular weight excluding hydrogens is 470 g/mol. The predicted molar refractivity (Wildman–Crippen MR) is 154 cm³/mol. The largest absolute Gasteiger partial charge is 0.350 e. The van der Waals surface area contributed by atoms with Gasteiger partial charge in [0.25, 0.3) is 5.91 Å². The number of likely N-dealkylation sites (N-methyl/N-ethyl adjacent to an activating group) is 1. The molecular formula is C32H37N5O. The predicted octanol–water partition coefficient (Wildman–Crippen LogP) is 4.96. The lowest BCUT2D eigenvalue weighted by Gasteiger charge is -2.33. The van der Waals surface area contributed by atoms with Crippen molar-refractivity contribution in [1.29, 1.82) is 0 Å². The molecule has 0 saturated carbocycles. The van der Waals surface area contributed by atoms with Crippen LogP contribution in [-0.2, 0) is 19.5 Å². The first-order valence-corrected chi connectivity index (χ1v) is 13.7. The number of carbonyl (C=O) groups excluding carboxylic acids is 1. The molecule has 2 aliphatic rings. The number of fused-ring (bicyclic) bond motifs is 2. The van der Waals surface area contributed by atoms with E-state index >= 15 is 0 Å². The highest BCUT2D eigenvalue weighted by Crippen LogP contribution is 2.35. The van der Waals surface area contributed by atoms with Crippen molar-refractivity contribution in [2.24, 2.45) is 0 Å². The van der Waals surface area contributed by atoms with E-state index in [4.69, 9.17) is 4.98 Å². The highest BCUT2D eigenvalue weighted by atomic mass is 16.2. The summed E-state index contributed by atoms with van der Waals surface area (Å²) in [7, 11) is 2.11. The molecule has 0 unspecified atom stereocenters. The number of amides is 1. The lowest BCUT2D eigenvalue weighted by molar-refractivity contribution is 0.0658. The van der Waals surface area contributed by atoms with E-state index in [9.17, 15) is 4.79 Å². The maximum atomic E-state index is 13.7. The molecule has 2 aromatic heterocycles. The van der Waals surface area contributed by atoms with Crippen LogP contribution in [0.1, 0.15) is 44.0 Å². The van der Waals surface area contributed by atoms with Gasteiger partial charge in [-0.25, -0.2) is 4.98 Å². The third kappa shape index (κ3) is 4.47. The Morgan fingerprint density at radius 3 is 2.42 bits per heavy atom. The van der Waals surface area contributed by atoms with Crippen molar-refractivity contribution in [3.8, 4) is 0 Å². The summed E-state index contributed by atoms with van der Waals surface area (Å²) in [6.07, 6.45) is 0.979. The van der Waals surface area contributed by atoms with Gasteiger partial charge in [-0.05, 0) is 62.6 Å². The van der Waals surface area contributed by atoms with Gasteiger partial charge in [-0.15, -0.1) is 0 Å². The lowest BCUT2D eigenvalue weighted by Crippen LogP contribution is -2.47. The first-order valence-electron chi connectivity index (χ1n) is 13.7. The fourth-order valence-corrected chi connectivity index (χ4v) is 6.01. The molecule has 38 heavy (non-hydrogen) atoms. The number of aryl methyl sites for hydroxylation is 2. The zero-order valence-corrected chi connectivity index (χ0v) is 23.0. The highest BCUT2D eigenvalue weighted by Gasteiger charge is 2.28. The van der Waals surface area contributed by atoms with Gasteiger partial charge < -0.3 is 19.3 Å². The van der Waals surface area contributed by atoms with Crippen molar-refractivity contribution in [2.45, 2.75) is 40.3 Å². The first-order chi connectivity index (χ1) is 18.4. The van der Waals surface area contributed by atoms with Crippen LogP contribution in [0.15, 0.2) is 54.6 Å². The van der Waals surface area contributed by atoms with E-state index in [1.807, 2.05) is 11.0 Å². The van der Waals surface area contributed by atoms with Crippen molar-refractivity contribution in [3.05, 3.63) is 93.8 Å². The van der Waals surface area contributed by atoms with Crippen LogP contribution < -0.4 is 4.90 Å². The van der Waals surface area contributed by atoms with E-state index < -0.39 is 0 Å². The van der Waals surface area contributed by atoms with Gasteiger partial charge in [-0.1, -0.05) is 54.1 Å². The van der Waals surface area contributed by atoms with Crippen LogP contribution in [0, 0.1) is 20.8 Å². The molecule has 2 aromatic carbocycles. The molecule has 6 heteroatoms. The number of rotatable bonds is 4. The summed E-state index contributed by atoms with van der Waals surface area (Å²) in [4.78, 5) is 25.5. The summed E-state index contributed by atoms with van der Waals surface area (Å²) in [5.41, 5.74) is 9.44. The van der Waals surface area contributed by atoms with Gasteiger partial charge in [0.2, 0.25) is 0 Å². The summed E-state index contributed by atoms with van der Waals surface area (Å²) in [5, 5.41) is 1.14. The van der Waals surface area contributed by atoms with E-state index in [-0.39, 0.29) is 5.91 Å². The molecule has 2 aliphatic heterocycles. The molecule has 0 radical (unpaired) electrons. The number of carbonyl (C=O) groups is 1. The number of aromatic nitrogens is 2. The third-order valence-electron chi connectivity index (χ3n) is 8.46. The molecule has 0 aliphatic carbocycles. The minimum atomic E-state index is 0.0437. The SMILES string of the molecule is Cc1cccc(Cn2c(C)c(C)c3cc(C(=O)N4CCN(C)CC4)nc(N4CCc5ccccc5C4)c32)c1. The number of nitrogens with zero attached hydrogens (tertiary/aromatic N) is 5. The number of hydrogen-bond acceptors (Lipinski definition) is 4. The molecule has 6 nitrogen and oxygen atoms in total. The average molecular weight is 508 g/mol. The van der Waals surface area contributed by atoms with Gasteiger partial charge in [0.05, 0.1) is 5.52 Å². The Morgan fingerprint density at radius 2 is 1.66 bits per heavy atom. The van der Waals surface area contributed by atoms with Crippen LogP contribution >= 0.6 is 0 Å². The molecule has 4 aromatic rings. The quantitative estimate of drug-likeness (QED) is 0.392. The standard InChI is InChI=1S/C32H37N5O/c1-22-8-7-9-25(18-22)20-37-24(3)23(2)28-19-29(32(38)35-16-14-34(4)15-17-35)33-31(30(28)37)36-13-12-26-10-5-6-11-27(26)21-36/h5-11,18-19H,12-17,20-21H2,1-4H3. The van der Waals surface area contributed by atoms with Crippen LogP contribution in [0.2, 0.25) is 0 Å². The summed E-state index contributed by atoms with van der Waals surface area (Å²) < 4.78 is 2.41. The van der Waals surface area contributed by atoms with Gasteiger partial charge in [-0.3, -0.25) is 4.79 Å². The van der Waals surface area contributed by atoms with Crippen LogP contribution in [0.5, 0.6) is 0 Å². The Labute approximate surface area is 225 Å². The molecule has 4 heterocycles. The number of benzene rings is 2. The van der Waals surface area contributed by atoms with Gasteiger partial charge in [0, 0.05) is 56.9 Å². The number of pyridine rings is 1. The van der Waals surface area contributed by atoms with Crippen molar-refractivity contribution in [1.82, 2.24) is 19.4 Å². The van der Waals surface area contributed by atoms with E-state index in [0.717, 1.165) is 69.0 Å². The molecule has 0 spiro atoms. The van der Waals surface area contributed by atoms with Crippen molar-refractivity contribution < 1.29 is 4.79 Å². The van der Waals surface area contributed by atoms with Crippen LogP contribution in [0.4, 0.5) is 5.82 Å². The number of piperazine rings is 1. The zero-order chi connectivity index (χ0) is 26.4. The summed E-state index contributed by atoms with van der Waals surface area (Å²) in [5.74, 6) is 0.973. The molecule has 1 amide bonds. The van der Waals surface area contributed by atoms with Crippen molar-refractivity contribution in [3.63, 3.8) is 0 Å². The second-order valence-electron chi connectivity index (χ2n) is 11.0. The van der Waals surface area contributed by atoms with E-state index in [2.05, 4.69) is 90.7 Å². The topological polar surface area (TPSA) is 44.6 Å². The Bertz CT molecular complexity index is 1510. The van der Waals surface area contributed by atoms with Crippen LogP contribution in [-0.4, -0.2) is 65.0 Å². The van der Waals surface area contributed by atoms with Gasteiger partial charge in [-0.2, -0.15) is 0 Å². The number of anilines is 1. The summed E-state index contributed by atoms with van der Waals surface area (Å²) in [6.45, 7) is 12.3. The molecule has 196 valence electrons. The molecule has 1 saturated heterocycles. The average Bonchev–Trinajstić information content (AvgIpc) is 3.17. The lowest BCUT2D eigenvalue weighted by atomic mass is 10.00. The Morgan fingerprint density at radius 1 is 0.895 bits per heavy atom. The van der Waals surface area contributed by atoms with Gasteiger partial charge in [0.1, 0.15) is 5.69 Å². The third-order valence-corrected chi connectivity index (χ3v) is 8.46. The second kappa shape index (κ2) is 9.91. The molecule has 0 N–H and O–H groups in total. The summed E-state index contributed by atoms with van der Waals surface area (Å²) >= 11 is 0. The fraction of sp³-hybridized carbons (Fsp3) is 0.375. The molecule has 1 fully saturated rings. The smallest absolute Gasteiger partial charge is 0.272 e. The molecule has 0 bridgehead atoms. The van der Waals surface area contributed by atoms with Crippen molar-refractivity contribution in [2.75, 3.05) is 44.7 Å². The zero-order valence-electron chi connectivity index (χ0n) is 23.0. The monoisotopic (exact) mass is 507 g/mol. The molecule has 6 rings (SSSR count). The minimum absolute atomic E-state index is 0.0437. The van der Waals surface area contributed by atoms with Crippen molar-refractivity contribution >= 4 is 22.6 Å². The normalized spacial score (nSPS) is 16.2.